The SMILES string of the molecule is CCOC(=O)CCC(=O)OI. The molecule has 0 aliphatic rings. The lowest BCUT2D eigenvalue weighted by Gasteiger charge is -1.98. The third-order valence-electron chi connectivity index (χ3n) is 0.925. The van der Waals surface area contributed by atoms with Gasteiger partial charge in [0.1, 0.15) is 0 Å². The van der Waals surface area contributed by atoms with Crippen LogP contribution in [0.4, 0.5) is 0 Å². The molecule has 0 aliphatic carbocycles. The van der Waals surface area contributed by atoms with Crippen molar-refractivity contribution >= 4 is 34.9 Å². The summed E-state index contributed by atoms with van der Waals surface area (Å²) in [6.07, 6.45) is 0.178. The van der Waals surface area contributed by atoms with E-state index in [1.165, 1.54) is 23.0 Å². The molecule has 0 atom stereocenters. The average molecular weight is 272 g/mol. The Morgan fingerprint density at radius 3 is 2.27 bits per heavy atom. The Morgan fingerprint density at radius 2 is 1.82 bits per heavy atom. The second-order valence-corrected chi connectivity index (χ2v) is 2.19. The van der Waals surface area contributed by atoms with E-state index in [2.05, 4.69) is 7.80 Å². The van der Waals surface area contributed by atoms with Crippen molar-refractivity contribution in [1.82, 2.24) is 0 Å². The molecule has 0 N–H and O–H groups in total. The molecular weight excluding hydrogens is 263 g/mol. The lowest BCUT2D eigenvalue weighted by atomic mass is 10.3. The maximum absolute atomic E-state index is 10.6. The number of ether oxygens (including phenoxy) is 1. The molecule has 0 radical (unpaired) electrons. The van der Waals surface area contributed by atoms with E-state index in [0.29, 0.717) is 6.61 Å². The quantitative estimate of drug-likeness (QED) is 0.570. The van der Waals surface area contributed by atoms with Crippen LogP contribution in [0.15, 0.2) is 0 Å². The second-order valence-electron chi connectivity index (χ2n) is 1.75. The number of halogens is 1. The molecule has 5 heteroatoms. The van der Waals surface area contributed by atoms with Crippen molar-refractivity contribution in [3.8, 4) is 0 Å². The van der Waals surface area contributed by atoms with E-state index >= 15 is 0 Å². The maximum atomic E-state index is 10.6. The Bertz CT molecular complexity index is 146. The van der Waals surface area contributed by atoms with Crippen molar-refractivity contribution in [1.29, 1.82) is 0 Å². The van der Waals surface area contributed by atoms with Gasteiger partial charge in [0.2, 0.25) is 0 Å². The third kappa shape index (κ3) is 6.08. The largest absolute Gasteiger partial charge is 0.466 e. The number of carbonyl (C=O) groups excluding carboxylic acids is 2. The molecule has 4 nitrogen and oxygen atoms in total. The molecular formula is C6H9IO4. The van der Waals surface area contributed by atoms with Gasteiger partial charge in [-0.25, -0.2) is 0 Å². The minimum absolute atomic E-state index is 0.0851. The topological polar surface area (TPSA) is 52.6 Å². The van der Waals surface area contributed by atoms with Gasteiger partial charge >= 0.3 is 11.9 Å². The molecule has 0 heterocycles. The first-order valence-corrected chi connectivity index (χ1v) is 4.05. The Labute approximate surface area is 78.9 Å². The monoisotopic (exact) mass is 272 g/mol. The standard InChI is InChI=1S/C6H9IO4/c1-2-10-5(8)3-4-6(9)11-7/h2-4H2,1H3. The summed E-state index contributed by atoms with van der Waals surface area (Å²) in [4.78, 5) is 21.1. The molecule has 0 spiro atoms. The molecule has 0 aliphatic heterocycles. The highest BCUT2D eigenvalue weighted by Gasteiger charge is 2.06. The van der Waals surface area contributed by atoms with Gasteiger partial charge < -0.3 is 7.80 Å². The van der Waals surface area contributed by atoms with Crippen molar-refractivity contribution in [2.45, 2.75) is 19.8 Å². The van der Waals surface area contributed by atoms with Crippen molar-refractivity contribution in [2.75, 3.05) is 6.61 Å². The Kier molecular flexibility index (Phi) is 6.19. The van der Waals surface area contributed by atoms with Crippen LogP contribution in [0.5, 0.6) is 0 Å². The summed E-state index contributed by atoms with van der Waals surface area (Å²) in [6.45, 7) is 2.06. The van der Waals surface area contributed by atoms with E-state index < -0.39 is 5.97 Å². The highest BCUT2D eigenvalue weighted by Crippen LogP contribution is 1.98. The van der Waals surface area contributed by atoms with E-state index in [1.807, 2.05) is 0 Å². The molecule has 64 valence electrons. The molecule has 0 unspecified atom stereocenters. The molecule has 0 aromatic rings. The Balaban J connectivity index is 3.38. The zero-order valence-corrected chi connectivity index (χ0v) is 8.29. The third-order valence-corrected chi connectivity index (χ3v) is 1.42. The van der Waals surface area contributed by atoms with E-state index in [9.17, 15) is 9.59 Å². The van der Waals surface area contributed by atoms with E-state index in [-0.39, 0.29) is 18.8 Å². The highest BCUT2D eigenvalue weighted by atomic mass is 127. The lowest BCUT2D eigenvalue weighted by Crippen LogP contribution is -2.07. The fourth-order valence-corrected chi connectivity index (χ4v) is 0.696. The molecule has 0 aromatic carbocycles. The van der Waals surface area contributed by atoms with Crippen LogP contribution in [0.2, 0.25) is 0 Å². The molecule has 11 heavy (non-hydrogen) atoms. The summed E-state index contributed by atoms with van der Waals surface area (Å²) in [5.74, 6) is -0.770. The predicted octanol–water partition coefficient (Wildman–Crippen LogP) is 1.22. The molecule has 0 fully saturated rings. The molecule has 0 aromatic heterocycles. The van der Waals surface area contributed by atoms with Gasteiger partial charge in [-0.3, -0.25) is 9.59 Å². The zero-order chi connectivity index (χ0) is 8.69. The minimum atomic E-state index is -0.404. The number of hydrogen-bond donors (Lipinski definition) is 0. The van der Waals surface area contributed by atoms with E-state index in [0.717, 1.165) is 0 Å². The molecule has 0 saturated heterocycles. The number of hydrogen-bond acceptors (Lipinski definition) is 4. The van der Waals surface area contributed by atoms with Gasteiger partial charge in [0.15, 0.2) is 23.0 Å². The van der Waals surface area contributed by atoms with Gasteiger partial charge in [0, 0.05) is 0 Å². The zero-order valence-electron chi connectivity index (χ0n) is 6.13. The summed E-state index contributed by atoms with van der Waals surface area (Å²) < 4.78 is 8.89. The van der Waals surface area contributed by atoms with Crippen molar-refractivity contribution in [3.05, 3.63) is 0 Å². The smallest absolute Gasteiger partial charge is 0.315 e. The van der Waals surface area contributed by atoms with Gasteiger partial charge in [0.05, 0.1) is 19.4 Å². The van der Waals surface area contributed by atoms with Gasteiger partial charge in [-0.05, 0) is 6.92 Å². The molecule has 0 saturated carbocycles. The van der Waals surface area contributed by atoms with Crippen LogP contribution in [0.1, 0.15) is 19.8 Å². The second kappa shape index (κ2) is 6.38. The first kappa shape index (κ1) is 10.7. The van der Waals surface area contributed by atoms with Crippen LogP contribution in [0.25, 0.3) is 0 Å². The molecule has 0 amide bonds. The van der Waals surface area contributed by atoms with E-state index in [4.69, 9.17) is 0 Å². The van der Waals surface area contributed by atoms with Gasteiger partial charge in [-0.15, -0.1) is 0 Å². The summed E-state index contributed by atoms with van der Waals surface area (Å²) in [5, 5.41) is 0. The normalized spacial score (nSPS) is 8.91. The summed E-state index contributed by atoms with van der Waals surface area (Å²) in [5.41, 5.74) is 0. The number of carbonyl (C=O) groups is 2. The fraction of sp³-hybridized carbons (Fsp3) is 0.667. The lowest BCUT2D eigenvalue weighted by molar-refractivity contribution is -0.145. The summed E-state index contributed by atoms with van der Waals surface area (Å²) >= 11 is 1.48. The van der Waals surface area contributed by atoms with Gasteiger partial charge in [-0.2, -0.15) is 0 Å². The van der Waals surface area contributed by atoms with Gasteiger partial charge in [0.25, 0.3) is 0 Å². The van der Waals surface area contributed by atoms with Crippen LogP contribution in [-0.4, -0.2) is 18.5 Å². The van der Waals surface area contributed by atoms with Crippen LogP contribution in [0.3, 0.4) is 0 Å². The fourth-order valence-electron chi connectivity index (χ4n) is 0.476. The molecule has 0 rings (SSSR count). The summed E-state index contributed by atoms with van der Waals surface area (Å²) in [7, 11) is 0. The Morgan fingerprint density at radius 1 is 1.27 bits per heavy atom. The minimum Gasteiger partial charge on any atom is -0.466 e. The molecule has 0 bridgehead atoms. The first-order chi connectivity index (χ1) is 5.20. The van der Waals surface area contributed by atoms with Crippen molar-refractivity contribution in [2.24, 2.45) is 0 Å². The average Bonchev–Trinajstić information content (AvgIpc) is 2.01. The first-order valence-electron chi connectivity index (χ1n) is 3.17. The Hall–Kier alpha value is -0.330. The van der Waals surface area contributed by atoms with Crippen molar-refractivity contribution < 1.29 is 17.4 Å². The number of esters is 1. The number of rotatable bonds is 4. The maximum Gasteiger partial charge on any atom is 0.315 e. The van der Waals surface area contributed by atoms with Gasteiger partial charge in [-0.1, -0.05) is 0 Å². The highest BCUT2D eigenvalue weighted by molar-refractivity contribution is 14.1. The summed E-state index contributed by atoms with van der Waals surface area (Å²) in [6, 6.07) is 0. The van der Waals surface area contributed by atoms with E-state index in [1.54, 1.807) is 6.92 Å². The van der Waals surface area contributed by atoms with Crippen LogP contribution >= 0.6 is 23.0 Å². The van der Waals surface area contributed by atoms with Crippen LogP contribution < -0.4 is 0 Å². The van der Waals surface area contributed by atoms with Crippen LogP contribution in [-0.2, 0) is 17.4 Å². The van der Waals surface area contributed by atoms with Crippen LogP contribution in [0, 0.1) is 0 Å². The van der Waals surface area contributed by atoms with Crippen molar-refractivity contribution in [3.63, 3.8) is 0 Å². The predicted molar refractivity (Wildman–Crippen MR) is 46.0 cm³/mol.